The van der Waals surface area contributed by atoms with E-state index < -0.39 is 17.8 Å². The maximum atomic E-state index is 12.5. The van der Waals surface area contributed by atoms with E-state index in [2.05, 4.69) is 5.32 Å². The van der Waals surface area contributed by atoms with Crippen LogP contribution in [0.5, 0.6) is 5.75 Å². The van der Waals surface area contributed by atoms with Gasteiger partial charge in [0, 0.05) is 12.7 Å². The van der Waals surface area contributed by atoms with Gasteiger partial charge in [-0.05, 0) is 43.3 Å². The smallest absolute Gasteiger partial charge is 0.416 e. The molecule has 134 valence electrons. The molecular weight excluding hydrogens is 333 g/mol. The first kappa shape index (κ1) is 18.6. The van der Waals surface area contributed by atoms with Crippen molar-refractivity contribution in [3.05, 3.63) is 59.7 Å². The largest absolute Gasteiger partial charge is 0.492 e. The number of halogens is 3. The Morgan fingerprint density at radius 2 is 1.68 bits per heavy atom. The molecule has 0 radical (unpaired) electrons. The molecule has 0 saturated heterocycles. The van der Waals surface area contributed by atoms with Gasteiger partial charge >= 0.3 is 12.2 Å². The maximum absolute atomic E-state index is 12.5. The summed E-state index contributed by atoms with van der Waals surface area (Å²) in [5, 5.41) is 2.54. The lowest BCUT2D eigenvalue weighted by Gasteiger charge is -2.18. The summed E-state index contributed by atoms with van der Waals surface area (Å²) in [7, 11) is 1.58. The highest BCUT2D eigenvalue weighted by Gasteiger charge is 2.30. The fourth-order valence-electron chi connectivity index (χ4n) is 2.00. The molecule has 4 nitrogen and oxygen atoms in total. The van der Waals surface area contributed by atoms with Crippen molar-refractivity contribution >= 4 is 11.7 Å². The molecule has 0 saturated carbocycles. The van der Waals surface area contributed by atoms with Crippen molar-refractivity contribution in [1.82, 2.24) is 4.90 Å². The first-order chi connectivity index (χ1) is 11.8. The molecule has 2 aromatic rings. The van der Waals surface area contributed by atoms with Gasteiger partial charge in [-0.3, -0.25) is 0 Å². The Labute approximate surface area is 144 Å². The molecule has 0 unspecified atom stereocenters. The van der Waals surface area contributed by atoms with E-state index in [9.17, 15) is 18.0 Å². The highest BCUT2D eigenvalue weighted by Crippen LogP contribution is 2.29. The van der Waals surface area contributed by atoms with Gasteiger partial charge in [0.2, 0.25) is 0 Å². The minimum atomic E-state index is -4.40. The molecule has 2 aromatic carbocycles. The normalized spacial score (nSPS) is 11.1. The standard InChI is InChI=1S/C18H19F3N2O2/c1-13-3-9-16(10-4-13)25-12-11-23(2)17(24)22-15-7-5-14(6-8-15)18(19,20)21/h3-10H,11-12H2,1-2H3,(H,22,24). The number of alkyl halides is 3. The van der Waals surface area contributed by atoms with Gasteiger partial charge in [-0.15, -0.1) is 0 Å². The molecule has 2 rings (SSSR count). The van der Waals surface area contributed by atoms with Crippen LogP contribution in [0.25, 0.3) is 0 Å². The number of nitrogens with one attached hydrogen (secondary N) is 1. The number of aryl methyl sites for hydroxylation is 1. The molecule has 7 heteroatoms. The van der Waals surface area contributed by atoms with Crippen LogP contribution in [-0.4, -0.2) is 31.1 Å². The molecule has 2 amide bonds. The summed E-state index contributed by atoms with van der Waals surface area (Å²) in [6.07, 6.45) is -4.40. The molecule has 25 heavy (non-hydrogen) atoms. The predicted octanol–water partition coefficient (Wildman–Crippen LogP) is 4.56. The lowest BCUT2D eigenvalue weighted by Crippen LogP contribution is -2.34. The Bertz CT molecular complexity index is 698. The third kappa shape index (κ3) is 5.70. The van der Waals surface area contributed by atoms with Gasteiger partial charge in [-0.1, -0.05) is 17.7 Å². The topological polar surface area (TPSA) is 41.6 Å². The fourth-order valence-corrected chi connectivity index (χ4v) is 2.00. The lowest BCUT2D eigenvalue weighted by molar-refractivity contribution is -0.137. The Hall–Kier alpha value is -2.70. The van der Waals surface area contributed by atoms with Crippen LogP contribution >= 0.6 is 0 Å². The SMILES string of the molecule is Cc1ccc(OCCN(C)C(=O)Nc2ccc(C(F)(F)F)cc2)cc1. The highest BCUT2D eigenvalue weighted by molar-refractivity contribution is 5.89. The molecular formula is C18H19F3N2O2. The minimum absolute atomic E-state index is 0.296. The quantitative estimate of drug-likeness (QED) is 0.857. The van der Waals surface area contributed by atoms with E-state index in [-0.39, 0.29) is 0 Å². The highest BCUT2D eigenvalue weighted by atomic mass is 19.4. The Morgan fingerprint density at radius 3 is 2.24 bits per heavy atom. The first-order valence-electron chi connectivity index (χ1n) is 7.64. The van der Waals surface area contributed by atoms with Crippen molar-refractivity contribution in [3.8, 4) is 5.75 Å². The molecule has 0 spiro atoms. The van der Waals surface area contributed by atoms with Crippen LogP contribution in [0, 0.1) is 6.92 Å². The van der Waals surface area contributed by atoms with E-state index in [1.165, 1.54) is 17.0 Å². The van der Waals surface area contributed by atoms with Gasteiger partial charge in [-0.25, -0.2) is 4.79 Å². The average molecular weight is 352 g/mol. The zero-order valence-corrected chi connectivity index (χ0v) is 13.9. The second kappa shape index (κ2) is 7.92. The number of carbonyl (C=O) groups is 1. The van der Waals surface area contributed by atoms with E-state index in [0.29, 0.717) is 24.6 Å². The van der Waals surface area contributed by atoms with Crippen LogP contribution in [0.15, 0.2) is 48.5 Å². The van der Waals surface area contributed by atoms with Crippen LogP contribution in [0.4, 0.5) is 23.7 Å². The third-order valence-electron chi connectivity index (χ3n) is 3.53. The molecule has 0 aliphatic heterocycles. The zero-order valence-electron chi connectivity index (χ0n) is 13.9. The van der Waals surface area contributed by atoms with Crippen LogP contribution in [-0.2, 0) is 6.18 Å². The molecule has 0 aromatic heterocycles. The summed E-state index contributed by atoms with van der Waals surface area (Å²) in [6.45, 7) is 2.61. The number of benzene rings is 2. The number of carbonyl (C=O) groups excluding carboxylic acids is 1. The van der Waals surface area contributed by atoms with E-state index in [0.717, 1.165) is 17.7 Å². The van der Waals surface area contributed by atoms with Gasteiger partial charge in [0.25, 0.3) is 0 Å². The van der Waals surface area contributed by atoms with Crippen molar-refractivity contribution in [2.24, 2.45) is 0 Å². The maximum Gasteiger partial charge on any atom is 0.416 e. The van der Waals surface area contributed by atoms with Gasteiger partial charge < -0.3 is 15.0 Å². The number of likely N-dealkylation sites (N-methyl/N-ethyl adjacent to an activating group) is 1. The van der Waals surface area contributed by atoms with Crippen molar-refractivity contribution in [2.75, 3.05) is 25.5 Å². The molecule has 0 atom stereocenters. The Morgan fingerprint density at radius 1 is 1.08 bits per heavy atom. The molecule has 1 N–H and O–H groups in total. The molecule has 0 aliphatic rings. The van der Waals surface area contributed by atoms with E-state index in [4.69, 9.17) is 4.74 Å². The number of rotatable bonds is 5. The van der Waals surface area contributed by atoms with Gasteiger partial charge in [-0.2, -0.15) is 13.2 Å². The molecule has 0 aliphatic carbocycles. The monoisotopic (exact) mass is 352 g/mol. The van der Waals surface area contributed by atoms with Crippen molar-refractivity contribution in [1.29, 1.82) is 0 Å². The summed E-state index contributed by atoms with van der Waals surface area (Å²) in [4.78, 5) is 13.4. The van der Waals surface area contributed by atoms with E-state index in [1.807, 2.05) is 31.2 Å². The third-order valence-corrected chi connectivity index (χ3v) is 3.53. The van der Waals surface area contributed by atoms with Gasteiger partial charge in [0.1, 0.15) is 12.4 Å². The summed E-state index contributed by atoms with van der Waals surface area (Å²) in [5.74, 6) is 0.710. The van der Waals surface area contributed by atoms with Crippen molar-refractivity contribution in [2.45, 2.75) is 13.1 Å². The first-order valence-corrected chi connectivity index (χ1v) is 7.64. The number of amides is 2. The number of urea groups is 1. The van der Waals surface area contributed by atoms with Crippen molar-refractivity contribution in [3.63, 3.8) is 0 Å². The van der Waals surface area contributed by atoms with E-state index >= 15 is 0 Å². The second-order valence-electron chi connectivity index (χ2n) is 5.59. The number of hydrogen-bond donors (Lipinski definition) is 1. The predicted molar refractivity (Wildman–Crippen MR) is 89.8 cm³/mol. The molecule has 0 fully saturated rings. The number of nitrogens with zero attached hydrogens (tertiary/aromatic N) is 1. The number of anilines is 1. The van der Waals surface area contributed by atoms with Crippen LogP contribution in [0.2, 0.25) is 0 Å². The Kier molecular flexibility index (Phi) is 5.90. The summed E-state index contributed by atoms with van der Waals surface area (Å²) < 4.78 is 43.0. The van der Waals surface area contributed by atoms with Crippen molar-refractivity contribution < 1.29 is 22.7 Å². The van der Waals surface area contributed by atoms with Crippen LogP contribution in [0.3, 0.4) is 0 Å². The minimum Gasteiger partial charge on any atom is -0.492 e. The lowest BCUT2D eigenvalue weighted by atomic mass is 10.2. The molecule has 0 heterocycles. The average Bonchev–Trinajstić information content (AvgIpc) is 2.56. The summed E-state index contributed by atoms with van der Waals surface area (Å²) >= 11 is 0. The van der Waals surface area contributed by atoms with Crippen LogP contribution in [0.1, 0.15) is 11.1 Å². The fraction of sp³-hybridized carbons (Fsp3) is 0.278. The number of hydrogen-bond acceptors (Lipinski definition) is 2. The van der Waals surface area contributed by atoms with Gasteiger partial charge in [0.15, 0.2) is 0 Å². The van der Waals surface area contributed by atoms with E-state index in [1.54, 1.807) is 7.05 Å². The second-order valence-corrected chi connectivity index (χ2v) is 5.59. The summed E-state index contributed by atoms with van der Waals surface area (Å²) in [6, 6.07) is 11.4. The Balaban J connectivity index is 1.80. The number of ether oxygens (including phenoxy) is 1. The molecule has 0 bridgehead atoms. The van der Waals surface area contributed by atoms with Gasteiger partial charge in [0.05, 0.1) is 12.1 Å². The summed E-state index contributed by atoms with van der Waals surface area (Å²) in [5.41, 5.74) is 0.662. The zero-order chi connectivity index (χ0) is 18.4. The van der Waals surface area contributed by atoms with Crippen LogP contribution < -0.4 is 10.1 Å².